The first-order valence-corrected chi connectivity index (χ1v) is 5.49. The molecule has 0 aliphatic rings. The molecule has 0 bridgehead atoms. The number of terminal acetylenes is 1. The van der Waals surface area contributed by atoms with Crippen molar-refractivity contribution < 1.29 is 4.79 Å². The molecule has 0 radical (unpaired) electrons. The number of thioether (sulfide) groups is 1. The molecule has 0 fully saturated rings. The third kappa shape index (κ3) is 3.56. The minimum absolute atomic E-state index is 0.220. The molecule has 80 valence electrons. The summed E-state index contributed by atoms with van der Waals surface area (Å²) in [6, 6.07) is 0. The number of rotatable bonds is 5. The van der Waals surface area contributed by atoms with Gasteiger partial charge in [-0.1, -0.05) is 5.92 Å². The highest BCUT2D eigenvalue weighted by molar-refractivity contribution is 7.99. The van der Waals surface area contributed by atoms with E-state index in [2.05, 4.69) is 21.4 Å². The zero-order chi connectivity index (χ0) is 11.1. The minimum atomic E-state index is -0.220. The quantitative estimate of drug-likeness (QED) is 0.489. The molecule has 0 saturated carbocycles. The smallest absolute Gasteiger partial charge is 0.256 e. The number of nitrogens with one attached hydrogen (secondary N) is 2. The van der Waals surface area contributed by atoms with E-state index in [1.807, 2.05) is 0 Å². The van der Waals surface area contributed by atoms with Gasteiger partial charge in [-0.25, -0.2) is 0 Å². The Morgan fingerprint density at radius 1 is 1.80 bits per heavy atom. The van der Waals surface area contributed by atoms with Crippen molar-refractivity contribution in [1.29, 1.82) is 0 Å². The topological polar surface area (TPSA) is 83.8 Å². The van der Waals surface area contributed by atoms with Crippen molar-refractivity contribution in [2.75, 3.05) is 23.8 Å². The van der Waals surface area contributed by atoms with E-state index in [0.29, 0.717) is 17.9 Å². The first-order chi connectivity index (χ1) is 7.25. The molecule has 1 amide bonds. The zero-order valence-corrected chi connectivity index (χ0v) is 8.93. The fourth-order valence-electron chi connectivity index (χ4n) is 0.940. The second-order valence-corrected chi connectivity index (χ2v) is 3.82. The van der Waals surface area contributed by atoms with Crippen LogP contribution in [0.4, 0.5) is 5.82 Å². The lowest BCUT2D eigenvalue weighted by molar-refractivity contribution is 0.0957. The molecule has 0 atom stereocenters. The number of amides is 1. The monoisotopic (exact) mass is 224 g/mol. The lowest BCUT2D eigenvalue weighted by atomic mass is 10.3. The Balaban J connectivity index is 2.26. The molecular formula is C9H12N4OS. The van der Waals surface area contributed by atoms with Crippen LogP contribution in [0.1, 0.15) is 10.4 Å². The van der Waals surface area contributed by atoms with Crippen molar-refractivity contribution in [3.63, 3.8) is 0 Å². The maximum Gasteiger partial charge on any atom is 0.256 e. The molecule has 1 aromatic rings. The van der Waals surface area contributed by atoms with Crippen LogP contribution in [0.2, 0.25) is 0 Å². The van der Waals surface area contributed by atoms with Crippen LogP contribution in [-0.2, 0) is 0 Å². The Kier molecular flexibility index (Phi) is 4.57. The molecule has 5 nitrogen and oxygen atoms in total. The Hall–Kier alpha value is -1.61. The predicted molar refractivity (Wildman–Crippen MR) is 61.5 cm³/mol. The summed E-state index contributed by atoms with van der Waals surface area (Å²) in [5, 5.41) is 8.87. The molecule has 1 heterocycles. The van der Waals surface area contributed by atoms with Crippen molar-refractivity contribution in [2.24, 2.45) is 0 Å². The first-order valence-electron chi connectivity index (χ1n) is 4.34. The van der Waals surface area contributed by atoms with Gasteiger partial charge in [0.15, 0.2) is 0 Å². The Morgan fingerprint density at radius 2 is 2.60 bits per heavy atom. The van der Waals surface area contributed by atoms with Gasteiger partial charge in [0.05, 0.1) is 11.9 Å². The van der Waals surface area contributed by atoms with Crippen LogP contribution >= 0.6 is 11.8 Å². The van der Waals surface area contributed by atoms with Crippen LogP contribution in [0.5, 0.6) is 0 Å². The van der Waals surface area contributed by atoms with Crippen molar-refractivity contribution >= 4 is 23.5 Å². The molecule has 4 N–H and O–H groups in total. The van der Waals surface area contributed by atoms with E-state index < -0.39 is 0 Å². The van der Waals surface area contributed by atoms with E-state index in [9.17, 15) is 4.79 Å². The van der Waals surface area contributed by atoms with Gasteiger partial charge in [0.1, 0.15) is 11.4 Å². The SMILES string of the molecule is C#CCSCCNC(=O)c1cn[nH]c1N. The fraction of sp³-hybridized carbons (Fsp3) is 0.333. The normalized spacial score (nSPS) is 9.53. The van der Waals surface area contributed by atoms with E-state index in [1.165, 1.54) is 6.20 Å². The number of nitrogens with zero attached hydrogens (tertiary/aromatic N) is 1. The molecule has 0 spiro atoms. The lowest BCUT2D eigenvalue weighted by Crippen LogP contribution is -2.26. The number of anilines is 1. The number of hydrogen-bond donors (Lipinski definition) is 3. The average Bonchev–Trinajstić information content (AvgIpc) is 2.64. The maximum atomic E-state index is 11.5. The number of aromatic nitrogens is 2. The summed E-state index contributed by atoms with van der Waals surface area (Å²) in [6.07, 6.45) is 6.48. The first kappa shape index (κ1) is 11.5. The summed E-state index contributed by atoms with van der Waals surface area (Å²) < 4.78 is 0. The van der Waals surface area contributed by atoms with Gasteiger partial charge >= 0.3 is 0 Å². The molecule has 0 aromatic carbocycles. The van der Waals surface area contributed by atoms with Crippen LogP contribution < -0.4 is 11.1 Å². The summed E-state index contributed by atoms with van der Waals surface area (Å²) in [5.74, 6) is 4.01. The highest BCUT2D eigenvalue weighted by Crippen LogP contribution is 2.05. The van der Waals surface area contributed by atoms with Gasteiger partial charge < -0.3 is 11.1 Å². The molecule has 0 aliphatic heterocycles. The van der Waals surface area contributed by atoms with Crippen molar-refractivity contribution in [2.45, 2.75) is 0 Å². The number of nitrogen functional groups attached to an aromatic ring is 1. The summed E-state index contributed by atoms with van der Waals surface area (Å²) >= 11 is 1.59. The third-order valence-corrected chi connectivity index (χ3v) is 2.49. The summed E-state index contributed by atoms with van der Waals surface area (Å²) in [4.78, 5) is 11.5. The van der Waals surface area contributed by atoms with Gasteiger partial charge in [0.2, 0.25) is 0 Å². The Morgan fingerprint density at radius 3 is 3.20 bits per heavy atom. The van der Waals surface area contributed by atoms with Crippen LogP contribution in [0, 0.1) is 12.3 Å². The minimum Gasteiger partial charge on any atom is -0.383 e. The van der Waals surface area contributed by atoms with Crippen molar-refractivity contribution in [3.8, 4) is 12.3 Å². The van der Waals surface area contributed by atoms with Crippen LogP contribution in [0.3, 0.4) is 0 Å². The largest absolute Gasteiger partial charge is 0.383 e. The molecule has 6 heteroatoms. The van der Waals surface area contributed by atoms with Crippen LogP contribution in [-0.4, -0.2) is 34.2 Å². The number of nitrogens with two attached hydrogens (primary N) is 1. The summed E-state index contributed by atoms with van der Waals surface area (Å²) in [5.41, 5.74) is 5.85. The van der Waals surface area contributed by atoms with Gasteiger partial charge in [-0.3, -0.25) is 9.89 Å². The summed E-state index contributed by atoms with van der Waals surface area (Å²) in [6.45, 7) is 0.565. The Bertz CT molecular complexity index is 368. The number of aromatic amines is 1. The second kappa shape index (κ2) is 5.98. The highest BCUT2D eigenvalue weighted by atomic mass is 32.2. The van der Waals surface area contributed by atoms with E-state index >= 15 is 0 Å². The number of H-pyrrole nitrogens is 1. The van der Waals surface area contributed by atoms with Gasteiger partial charge in [-0.15, -0.1) is 18.2 Å². The van der Waals surface area contributed by atoms with E-state index in [-0.39, 0.29) is 11.7 Å². The molecule has 0 saturated heterocycles. The van der Waals surface area contributed by atoms with Crippen molar-refractivity contribution in [3.05, 3.63) is 11.8 Å². The second-order valence-electron chi connectivity index (χ2n) is 2.71. The number of hydrogen-bond acceptors (Lipinski definition) is 4. The van der Waals surface area contributed by atoms with E-state index in [0.717, 1.165) is 5.75 Å². The number of carbonyl (C=O) groups is 1. The molecule has 0 aliphatic carbocycles. The van der Waals surface area contributed by atoms with Crippen molar-refractivity contribution in [1.82, 2.24) is 15.5 Å². The van der Waals surface area contributed by atoms with Gasteiger partial charge in [0, 0.05) is 12.3 Å². The molecule has 15 heavy (non-hydrogen) atoms. The highest BCUT2D eigenvalue weighted by Gasteiger charge is 2.09. The third-order valence-electron chi connectivity index (χ3n) is 1.63. The predicted octanol–water partition coefficient (Wildman–Crippen LogP) is 0.0881. The lowest BCUT2D eigenvalue weighted by Gasteiger charge is -2.02. The van der Waals surface area contributed by atoms with Crippen LogP contribution in [0.15, 0.2) is 6.20 Å². The van der Waals surface area contributed by atoms with Gasteiger partial charge in [-0.05, 0) is 0 Å². The van der Waals surface area contributed by atoms with Gasteiger partial charge in [0.25, 0.3) is 5.91 Å². The zero-order valence-electron chi connectivity index (χ0n) is 8.12. The van der Waals surface area contributed by atoms with Gasteiger partial charge in [-0.2, -0.15) is 5.10 Å². The molecule has 0 unspecified atom stereocenters. The summed E-state index contributed by atoms with van der Waals surface area (Å²) in [7, 11) is 0. The molecule has 1 rings (SSSR count). The number of carbonyl (C=O) groups excluding carboxylic acids is 1. The Labute approximate surface area is 92.2 Å². The average molecular weight is 224 g/mol. The van der Waals surface area contributed by atoms with E-state index in [4.69, 9.17) is 12.2 Å². The van der Waals surface area contributed by atoms with E-state index in [1.54, 1.807) is 11.8 Å². The maximum absolute atomic E-state index is 11.5. The molecule has 1 aromatic heterocycles. The standard InChI is InChI=1S/C9H12N4OS/c1-2-4-15-5-3-11-9(14)7-6-12-13-8(7)10/h1,6H,3-5H2,(H,11,14)(H3,10,12,13). The van der Waals surface area contributed by atoms with Crippen LogP contribution in [0.25, 0.3) is 0 Å². The molecular weight excluding hydrogens is 212 g/mol. The fourth-order valence-corrected chi connectivity index (χ4v) is 1.45.